The average Bonchev–Trinajstić information content (AvgIpc) is 4.16. The van der Waals surface area contributed by atoms with E-state index in [9.17, 15) is 40.7 Å². The summed E-state index contributed by atoms with van der Waals surface area (Å²) in [4.78, 5) is 76.6. The number of carbonyl (C=O) groups excluding carboxylic acids is 3. The van der Waals surface area contributed by atoms with Gasteiger partial charge in [-0.3, -0.25) is 29.8 Å². The second-order valence-corrected chi connectivity index (χ2v) is 17.0. The van der Waals surface area contributed by atoms with Gasteiger partial charge in [-0.15, -0.1) is 0 Å². The summed E-state index contributed by atoms with van der Waals surface area (Å²) >= 11 is 0. The molecular formula is C45H46F6N14O3. The lowest BCUT2D eigenvalue weighted by Crippen LogP contribution is -2.48. The van der Waals surface area contributed by atoms with E-state index in [1.165, 1.54) is 23.4 Å². The predicted octanol–water partition coefficient (Wildman–Crippen LogP) is 7.06. The zero-order valence-corrected chi connectivity index (χ0v) is 36.8. The molecule has 4 N–H and O–H groups in total. The molecule has 2 fully saturated rings. The molecule has 6 aliphatic rings. The second-order valence-electron chi connectivity index (χ2n) is 17.0. The van der Waals surface area contributed by atoms with E-state index in [0.29, 0.717) is 61.8 Å². The lowest BCUT2D eigenvalue weighted by atomic mass is 10.0. The molecule has 0 unspecified atom stereocenters. The molecule has 10 rings (SSSR count). The fraction of sp³-hybridized carbons (Fsp3) is 0.400. The van der Waals surface area contributed by atoms with Crippen LogP contribution in [0.2, 0.25) is 0 Å². The van der Waals surface area contributed by atoms with Gasteiger partial charge in [0.05, 0.1) is 53.8 Å². The first-order valence-electron chi connectivity index (χ1n) is 21.8. The van der Waals surface area contributed by atoms with E-state index in [0.717, 1.165) is 61.6 Å². The summed E-state index contributed by atoms with van der Waals surface area (Å²) in [7, 11) is 0. The second kappa shape index (κ2) is 19.5. The number of urea groups is 1. The quantitative estimate of drug-likeness (QED) is 0.114. The van der Waals surface area contributed by atoms with Crippen molar-refractivity contribution in [3.63, 3.8) is 0 Å². The molecular weight excluding hydrogens is 899 g/mol. The summed E-state index contributed by atoms with van der Waals surface area (Å²) in [6.07, 6.45) is -2.14. The number of amides is 2. The fourth-order valence-electron chi connectivity index (χ4n) is 8.25. The molecule has 4 aromatic heterocycles. The minimum Gasteiger partial charge on any atom is -0.384 e. The molecule has 0 radical (unpaired) electrons. The van der Waals surface area contributed by atoms with Crippen molar-refractivity contribution >= 4 is 76.3 Å². The molecule has 356 valence electrons. The van der Waals surface area contributed by atoms with E-state index in [1.54, 1.807) is 49.1 Å². The molecule has 4 aromatic rings. The van der Waals surface area contributed by atoms with Crippen molar-refractivity contribution in [2.75, 3.05) is 70.3 Å². The summed E-state index contributed by atoms with van der Waals surface area (Å²) in [6, 6.07) is 13.1. The Morgan fingerprint density at radius 3 is 1.93 bits per heavy atom. The molecule has 6 aliphatic heterocycles. The van der Waals surface area contributed by atoms with Gasteiger partial charge in [-0.25, -0.2) is 34.7 Å². The molecule has 4 atom stereocenters. The van der Waals surface area contributed by atoms with Crippen LogP contribution in [0.15, 0.2) is 80.9 Å². The largest absolute Gasteiger partial charge is 0.391 e. The highest BCUT2D eigenvalue weighted by Gasteiger charge is 2.42. The van der Waals surface area contributed by atoms with Crippen molar-refractivity contribution in [3.05, 3.63) is 83.4 Å². The number of nitrogens with zero attached hydrogens (tertiary/aromatic N) is 11. The first-order chi connectivity index (χ1) is 32.4. The van der Waals surface area contributed by atoms with Crippen LogP contribution in [0.3, 0.4) is 0 Å². The number of hydrogen-bond donors (Lipinski definition) is 3. The van der Waals surface area contributed by atoms with Gasteiger partial charge in [0, 0.05) is 68.6 Å². The van der Waals surface area contributed by atoms with Gasteiger partial charge in [0.15, 0.2) is 23.2 Å². The van der Waals surface area contributed by atoms with E-state index < -0.39 is 54.6 Å². The first-order valence-corrected chi connectivity index (χ1v) is 21.8. The number of carbonyl (C=O) groups is 3. The number of rotatable bonds is 9. The topological polar surface area (TPSA) is 212 Å². The van der Waals surface area contributed by atoms with Crippen molar-refractivity contribution in [1.82, 2.24) is 19.9 Å². The SMILES string of the molecule is C[C@@H](CC(=O)c1ccc2c(n1)N(C(=O)Nc1cc(C3=NC=NC3)ccn1)[C@H]1CCN2C1)C(F)(F)F.C[C@@H](CC(=O)c1ccc2c(n1)N[C@H]1CCN2C1)C(F)(F)F.Nc1cc(C2=NC=NC2)ccn1. The van der Waals surface area contributed by atoms with Crippen molar-refractivity contribution in [1.29, 1.82) is 0 Å². The predicted molar refractivity (Wildman–Crippen MR) is 246 cm³/mol. The zero-order valence-electron chi connectivity index (χ0n) is 36.8. The number of alkyl halides is 6. The smallest absolute Gasteiger partial charge is 0.384 e. The summed E-state index contributed by atoms with van der Waals surface area (Å²) in [5.41, 5.74) is 10.6. The van der Waals surface area contributed by atoms with Crippen LogP contribution in [-0.2, 0) is 0 Å². The summed E-state index contributed by atoms with van der Waals surface area (Å²) in [5, 5.41) is 6.03. The maximum atomic E-state index is 13.4. The fourth-order valence-corrected chi connectivity index (χ4v) is 8.25. The Morgan fingerprint density at radius 1 is 0.750 bits per heavy atom. The Morgan fingerprint density at radius 2 is 1.32 bits per heavy atom. The van der Waals surface area contributed by atoms with E-state index in [1.807, 2.05) is 6.07 Å². The standard InChI is InChI=1S/C23H22F3N7O2.C14H16F3N3O.C8H8N4/c1-13(23(24,25)26)8-19(34)16-2-3-18-21(30-16)33(15-5-7-32(18)11-15)22(35)31-20-9-14(4-6-28-20)17-10-27-12-29-17;1-8(14(15,16)17)6-12(21)10-2-3-11-13(19-10)18-9-4-5-20(11)7-9;9-8-3-6(1-2-11-8)7-4-10-5-12-7/h2-4,6,9,12-13,15H,5,7-8,10-11H2,1H3,(H,28,31,35);2-3,8-9H,4-7H2,1H3,(H,18,19);1-3,5H,4H2,(H2,9,11)/t13-,15-;8-,9-;/m00./s1. The van der Waals surface area contributed by atoms with Crippen LogP contribution in [0.5, 0.6) is 0 Å². The Labute approximate surface area is 385 Å². The minimum atomic E-state index is -4.47. The number of Topliss-reactive ketones (excluding diaryl/α,β-unsaturated/α-hetero) is 2. The first kappa shape index (κ1) is 47.2. The van der Waals surface area contributed by atoms with Crippen LogP contribution in [0.1, 0.15) is 71.6 Å². The van der Waals surface area contributed by atoms with Crippen LogP contribution >= 0.6 is 0 Å². The number of hydrogen-bond acceptors (Lipinski definition) is 15. The number of nitrogen functional groups attached to an aromatic ring is 1. The van der Waals surface area contributed by atoms with Gasteiger partial charge in [0.25, 0.3) is 0 Å². The third-order valence-corrected chi connectivity index (χ3v) is 12.1. The average molecular weight is 945 g/mol. The Bertz CT molecular complexity index is 2710. The molecule has 0 aromatic carbocycles. The molecule has 23 heteroatoms. The number of fused-ring (bicyclic) bond motifs is 8. The molecule has 0 aliphatic carbocycles. The zero-order chi connectivity index (χ0) is 48.3. The van der Waals surface area contributed by atoms with E-state index >= 15 is 0 Å². The Kier molecular flexibility index (Phi) is 13.5. The maximum absolute atomic E-state index is 13.4. The number of nitrogens with two attached hydrogens (primary N) is 1. The van der Waals surface area contributed by atoms with Gasteiger partial charge in [0.2, 0.25) is 0 Å². The van der Waals surface area contributed by atoms with Gasteiger partial charge in [-0.2, -0.15) is 26.3 Å². The number of halogens is 6. The van der Waals surface area contributed by atoms with Crippen LogP contribution in [-0.4, -0.2) is 125 Å². The molecule has 4 bridgehead atoms. The lowest BCUT2D eigenvalue weighted by molar-refractivity contribution is -0.169. The molecule has 10 heterocycles. The van der Waals surface area contributed by atoms with Gasteiger partial charge in [0.1, 0.15) is 35.7 Å². The highest BCUT2D eigenvalue weighted by molar-refractivity contribution is 6.10. The molecule has 2 amide bonds. The lowest BCUT2D eigenvalue weighted by Gasteiger charge is -2.35. The van der Waals surface area contributed by atoms with Crippen LogP contribution in [0.4, 0.5) is 65.8 Å². The van der Waals surface area contributed by atoms with Crippen LogP contribution in [0.25, 0.3) is 0 Å². The third-order valence-electron chi connectivity index (χ3n) is 12.1. The number of aliphatic imine (C=N–C) groups is 4. The Hall–Kier alpha value is -7.33. The van der Waals surface area contributed by atoms with Crippen molar-refractivity contribution in [3.8, 4) is 0 Å². The maximum Gasteiger partial charge on any atom is 0.391 e. The normalized spacial score (nSPS) is 19.3. The summed E-state index contributed by atoms with van der Waals surface area (Å²) < 4.78 is 76.4. The van der Waals surface area contributed by atoms with Gasteiger partial charge >= 0.3 is 18.4 Å². The third kappa shape index (κ3) is 10.8. The number of anilines is 6. The number of ketones is 2. The molecule has 68 heavy (non-hydrogen) atoms. The monoisotopic (exact) mass is 944 g/mol. The Balaban J connectivity index is 0.000000159. The molecule has 0 saturated carbocycles. The van der Waals surface area contributed by atoms with E-state index in [-0.39, 0.29) is 23.2 Å². The van der Waals surface area contributed by atoms with E-state index in [4.69, 9.17) is 5.73 Å². The summed E-state index contributed by atoms with van der Waals surface area (Å²) in [6.45, 7) is 6.22. The number of nitrogens with one attached hydrogen (secondary N) is 2. The van der Waals surface area contributed by atoms with Gasteiger partial charge in [-0.05, 0) is 61.4 Å². The summed E-state index contributed by atoms with van der Waals surface area (Å²) in [5.74, 6) is -3.05. The van der Waals surface area contributed by atoms with Gasteiger partial charge < -0.3 is 20.9 Å². The number of aromatic nitrogens is 4. The van der Waals surface area contributed by atoms with Crippen LogP contribution in [0, 0.1) is 11.8 Å². The van der Waals surface area contributed by atoms with Crippen LogP contribution < -0.4 is 31.1 Å². The highest BCUT2D eigenvalue weighted by Crippen LogP contribution is 2.40. The molecule has 17 nitrogen and oxygen atoms in total. The number of pyridine rings is 4. The highest BCUT2D eigenvalue weighted by atomic mass is 19.4. The molecule has 0 spiro atoms. The van der Waals surface area contributed by atoms with Gasteiger partial charge in [-0.1, -0.05) is 13.8 Å². The molecule has 2 saturated heterocycles. The van der Waals surface area contributed by atoms with Crippen molar-refractivity contribution < 1.29 is 40.7 Å². The van der Waals surface area contributed by atoms with Crippen molar-refractivity contribution in [2.45, 2.75) is 64.0 Å². The van der Waals surface area contributed by atoms with E-state index in [2.05, 4.69) is 60.3 Å². The minimum absolute atomic E-state index is 0.0971. The van der Waals surface area contributed by atoms with Crippen molar-refractivity contribution in [2.24, 2.45) is 31.8 Å².